The molecule has 0 aromatic rings. The summed E-state index contributed by atoms with van der Waals surface area (Å²) in [6.07, 6.45) is -0.554. The Hall–Kier alpha value is -0.200. The first-order valence-electron chi connectivity index (χ1n) is 5.64. The van der Waals surface area contributed by atoms with Crippen LogP contribution in [0.25, 0.3) is 0 Å². The fourth-order valence-electron chi connectivity index (χ4n) is 1.46. The highest BCUT2D eigenvalue weighted by Gasteiger charge is 2.19. The van der Waals surface area contributed by atoms with Gasteiger partial charge in [-0.15, -0.1) is 0 Å². The van der Waals surface area contributed by atoms with Crippen molar-refractivity contribution in [3.05, 3.63) is 0 Å². The molecule has 5 nitrogen and oxygen atoms in total. The molecule has 0 bridgehead atoms. The van der Waals surface area contributed by atoms with E-state index < -0.39 is 6.10 Å². The van der Waals surface area contributed by atoms with Gasteiger partial charge in [-0.25, -0.2) is 0 Å². The molecule has 2 atom stereocenters. The van der Waals surface area contributed by atoms with E-state index in [1.165, 1.54) is 0 Å². The summed E-state index contributed by atoms with van der Waals surface area (Å²) in [5.41, 5.74) is 5.35. The number of hydrogen-bond acceptors (Lipinski definition) is 5. The van der Waals surface area contributed by atoms with Gasteiger partial charge in [-0.1, -0.05) is 13.8 Å². The Kier molecular flexibility index (Phi) is 8.94. The van der Waals surface area contributed by atoms with E-state index in [1.54, 1.807) is 0 Å². The predicted molar refractivity (Wildman–Crippen MR) is 61.7 cm³/mol. The zero-order valence-electron chi connectivity index (χ0n) is 9.82. The standard InChI is InChI=1S/C10H25N3O2/c1-3-13(4-2)7-10(15)9(8-14)12-6-5-11/h9-10,12,14-15H,3-8,11H2,1-2H3. The van der Waals surface area contributed by atoms with Crippen LogP contribution in [0.4, 0.5) is 0 Å². The number of aliphatic hydroxyl groups is 2. The largest absolute Gasteiger partial charge is 0.395 e. The third-order valence-corrected chi connectivity index (χ3v) is 2.55. The number of aliphatic hydroxyl groups excluding tert-OH is 2. The highest BCUT2D eigenvalue weighted by atomic mass is 16.3. The topological polar surface area (TPSA) is 81.8 Å². The quantitative estimate of drug-likeness (QED) is 0.383. The van der Waals surface area contributed by atoms with E-state index in [9.17, 15) is 5.11 Å². The summed E-state index contributed by atoms with van der Waals surface area (Å²) in [7, 11) is 0. The SMILES string of the molecule is CCN(CC)CC(O)C(CO)NCCN. The van der Waals surface area contributed by atoms with E-state index in [2.05, 4.69) is 24.1 Å². The van der Waals surface area contributed by atoms with Gasteiger partial charge in [-0.3, -0.25) is 0 Å². The zero-order valence-corrected chi connectivity index (χ0v) is 9.82. The van der Waals surface area contributed by atoms with Gasteiger partial charge in [0.25, 0.3) is 0 Å². The molecule has 0 aliphatic heterocycles. The summed E-state index contributed by atoms with van der Waals surface area (Å²) in [6, 6.07) is -0.283. The second-order valence-electron chi connectivity index (χ2n) is 3.59. The number of likely N-dealkylation sites (N-methyl/N-ethyl adjacent to an activating group) is 1. The molecule has 0 saturated heterocycles. The van der Waals surface area contributed by atoms with Crippen LogP contribution < -0.4 is 11.1 Å². The van der Waals surface area contributed by atoms with Crippen molar-refractivity contribution in [1.82, 2.24) is 10.2 Å². The molecule has 0 radical (unpaired) electrons. The third-order valence-electron chi connectivity index (χ3n) is 2.55. The maximum Gasteiger partial charge on any atom is 0.0842 e. The lowest BCUT2D eigenvalue weighted by atomic mass is 10.1. The Morgan fingerprint density at radius 3 is 2.33 bits per heavy atom. The molecule has 92 valence electrons. The van der Waals surface area contributed by atoms with E-state index in [1.807, 2.05) is 0 Å². The second kappa shape index (κ2) is 9.06. The van der Waals surface area contributed by atoms with Crippen molar-refractivity contribution in [2.75, 3.05) is 39.3 Å². The van der Waals surface area contributed by atoms with Crippen LogP contribution >= 0.6 is 0 Å². The summed E-state index contributed by atoms with van der Waals surface area (Å²) < 4.78 is 0. The molecule has 0 heterocycles. The molecule has 2 unspecified atom stereocenters. The molecule has 15 heavy (non-hydrogen) atoms. The van der Waals surface area contributed by atoms with Crippen LogP contribution in [0, 0.1) is 0 Å². The number of hydrogen-bond donors (Lipinski definition) is 4. The minimum absolute atomic E-state index is 0.0670. The van der Waals surface area contributed by atoms with E-state index in [0.29, 0.717) is 19.6 Å². The Bertz CT molecular complexity index is 143. The van der Waals surface area contributed by atoms with Crippen molar-refractivity contribution < 1.29 is 10.2 Å². The van der Waals surface area contributed by atoms with Gasteiger partial charge in [0, 0.05) is 19.6 Å². The zero-order chi connectivity index (χ0) is 11.7. The predicted octanol–water partition coefficient (Wildman–Crippen LogP) is -1.40. The molecule has 0 aromatic carbocycles. The Morgan fingerprint density at radius 2 is 1.93 bits per heavy atom. The smallest absolute Gasteiger partial charge is 0.0842 e. The van der Waals surface area contributed by atoms with Crippen LogP contribution in [0.3, 0.4) is 0 Å². The highest BCUT2D eigenvalue weighted by Crippen LogP contribution is 1.97. The maximum absolute atomic E-state index is 9.86. The number of nitrogens with one attached hydrogen (secondary N) is 1. The van der Waals surface area contributed by atoms with Gasteiger partial charge in [0.1, 0.15) is 0 Å². The van der Waals surface area contributed by atoms with Gasteiger partial charge < -0.3 is 26.2 Å². The Morgan fingerprint density at radius 1 is 1.33 bits per heavy atom. The van der Waals surface area contributed by atoms with Crippen LogP contribution in [-0.2, 0) is 0 Å². The van der Waals surface area contributed by atoms with E-state index in [0.717, 1.165) is 13.1 Å². The summed E-state index contributed by atoms with van der Waals surface area (Å²) in [5.74, 6) is 0. The van der Waals surface area contributed by atoms with E-state index in [4.69, 9.17) is 10.8 Å². The lowest BCUT2D eigenvalue weighted by Crippen LogP contribution is -2.49. The van der Waals surface area contributed by atoms with Crippen LogP contribution in [0.5, 0.6) is 0 Å². The molecule has 0 aliphatic carbocycles. The molecule has 0 spiro atoms. The summed E-state index contributed by atoms with van der Waals surface area (Å²) >= 11 is 0. The number of rotatable bonds is 9. The highest BCUT2D eigenvalue weighted by molar-refractivity contribution is 4.77. The van der Waals surface area contributed by atoms with Crippen molar-refractivity contribution in [3.8, 4) is 0 Å². The Labute approximate surface area is 92.3 Å². The maximum atomic E-state index is 9.86. The normalized spacial score (nSPS) is 15.6. The minimum atomic E-state index is -0.554. The number of nitrogens with two attached hydrogens (primary N) is 1. The molecule has 0 fully saturated rings. The van der Waals surface area contributed by atoms with Crippen LogP contribution in [0.15, 0.2) is 0 Å². The first-order valence-corrected chi connectivity index (χ1v) is 5.64. The first kappa shape index (κ1) is 14.8. The van der Waals surface area contributed by atoms with Crippen molar-refractivity contribution in [2.45, 2.75) is 26.0 Å². The average molecular weight is 219 g/mol. The fraction of sp³-hybridized carbons (Fsp3) is 1.00. The lowest BCUT2D eigenvalue weighted by Gasteiger charge is -2.27. The summed E-state index contributed by atoms with van der Waals surface area (Å²) in [5, 5.41) is 22.0. The van der Waals surface area contributed by atoms with E-state index in [-0.39, 0.29) is 12.6 Å². The first-order chi connectivity index (χ1) is 7.19. The second-order valence-corrected chi connectivity index (χ2v) is 3.59. The monoisotopic (exact) mass is 219 g/mol. The van der Waals surface area contributed by atoms with Crippen molar-refractivity contribution in [2.24, 2.45) is 5.73 Å². The van der Waals surface area contributed by atoms with Gasteiger partial charge >= 0.3 is 0 Å². The fourth-order valence-corrected chi connectivity index (χ4v) is 1.46. The average Bonchev–Trinajstić information content (AvgIpc) is 2.26. The van der Waals surface area contributed by atoms with E-state index >= 15 is 0 Å². The van der Waals surface area contributed by atoms with Crippen molar-refractivity contribution in [3.63, 3.8) is 0 Å². The van der Waals surface area contributed by atoms with Crippen molar-refractivity contribution >= 4 is 0 Å². The van der Waals surface area contributed by atoms with Gasteiger partial charge in [0.15, 0.2) is 0 Å². The molecule has 0 rings (SSSR count). The van der Waals surface area contributed by atoms with Gasteiger partial charge in [0.05, 0.1) is 18.8 Å². The molecular weight excluding hydrogens is 194 g/mol. The van der Waals surface area contributed by atoms with Crippen molar-refractivity contribution in [1.29, 1.82) is 0 Å². The molecule has 5 heteroatoms. The molecule has 0 saturated carbocycles. The molecule has 0 aromatic heterocycles. The minimum Gasteiger partial charge on any atom is -0.395 e. The Balaban J connectivity index is 3.95. The van der Waals surface area contributed by atoms with Gasteiger partial charge in [0.2, 0.25) is 0 Å². The van der Waals surface area contributed by atoms with Crippen LogP contribution in [-0.4, -0.2) is 66.6 Å². The van der Waals surface area contributed by atoms with Crippen LogP contribution in [0.2, 0.25) is 0 Å². The van der Waals surface area contributed by atoms with Gasteiger partial charge in [-0.2, -0.15) is 0 Å². The number of nitrogens with zero attached hydrogens (tertiary/aromatic N) is 1. The molecule has 5 N–H and O–H groups in total. The summed E-state index contributed by atoms with van der Waals surface area (Å²) in [4.78, 5) is 2.12. The molecular formula is C10H25N3O2. The third kappa shape index (κ3) is 6.06. The lowest BCUT2D eigenvalue weighted by molar-refractivity contribution is 0.0592. The molecule has 0 aliphatic rings. The van der Waals surface area contributed by atoms with Crippen LogP contribution in [0.1, 0.15) is 13.8 Å². The summed E-state index contributed by atoms with van der Waals surface area (Å²) in [6.45, 7) is 7.55. The van der Waals surface area contributed by atoms with Gasteiger partial charge in [-0.05, 0) is 13.1 Å². The molecule has 0 amide bonds.